The van der Waals surface area contributed by atoms with E-state index < -0.39 is 5.60 Å². The predicted molar refractivity (Wildman–Crippen MR) is 99.9 cm³/mol. The third-order valence-electron chi connectivity index (χ3n) is 4.68. The fourth-order valence-electron chi connectivity index (χ4n) is 3.36. The van der Waals surface area contributed by atoms with Gasteiger partial charge in [-0.3, -0.25) is 0 Å². The Balaban J connectivity index is 1.54. The highest BCUT2D eigenvalue weighted by Gasteiger charge is 2.27. The number of alkyl carbamates (subject to hydrolysis) is 1. The Kier molecular flexibility index (Phi) is 4.88. The number of nitrogens with one attached hydrogen (secondary N) is 2. The quantitative estimate of drug-likeness (QED) is 0.888. The second-order valence-corrected chi connectivity index (χ2v) is 7.84. The molecule has 25 heavy (non-hydrogen) atoms. The minimum absolute atomic E-state index is 0.190. The second-order valence-electron chi connectivity index (χ2n) is 7.84. The zero-order valence-corrected chi connectivity index (χ0v) is 15.5. The fourth-order valence-corrected chi connectivity index (χ4v) is 3.36. The zero-order chi connectivity index (χ0) is 18.0. The van der Waals surface area contributed by atoms with E-state index in [1.54, 1.807) is 0 Å². The van der Waals surface area contributed by atoms with E-state index in [1.165, 1.54) is 0 Å². The standard InChI is InChI=1S/C19H28N4O2/c1-19(2,3)25-18(24)20-13-9-11-14(12-10-13)23(4)17-21-15-7-5-6-8-16(15)22-17/h5-8,13-14H,9-12H2,1-4H3,(H,20,24)(H,21,22). The summed E-state index contributed by atoms with van der Waals surface area (Å²) in [6.07, 6.45) is 3.63. The first-order valence-corrected chi connectivity index (χ1v) is 8.99. The first-order chi connectivity index (χ1) is 11.8. The summed E-state index contributed by atoms with van der Waals surface area (Å²) in [7, 11) is 2.09. The monoisotopic (exact) mass is 344 g/mol. The van der Waals surface area contributed by atoms with Crippen LogP contribution in [0.3, 0.4) is 0 Å². The van der Waals surface area contributed by atoms with Crippen molar-refractivity contribution in [3.05, 3.63) is 24.3 Å². The molecule has 1 amide bonds. The molecule has 0 atom stereocenters. The normalized spacial score (nSPS) is 21.1. The van der Waals surface area contributed by atoms with Crippen molar-refractivity contribution in [2.75, 3.05) is 11.9 Å². The molecule has 0 radical (unpaired) electrons. The molecular formula is C19H28N4O2. The van der Waals surface area contributed by atoms with E-state index in [9.17, 15) is 4.79 Å². The van der Waals surface area contributed by atoms with Crippen LogP contribution in [0.2, 0.25) is 0 Å². The fraction of sp³-hybridized carbons (Fsp3) is 0.579. The molecule has 1 fully saturated rings. The molecule has 0 spiro atoms. The van der Waals surface area contributed by atoms with Crippen molar-refractivity contribution in [3.8, 4) is 0 Å². The second kappa shape index (κ2) is 6.94. The van der Waals surface area contributed by atoms with E-state index in [0.717, 1.165) is 42.7 Å². The molecule has 3 rings (SSSR count). The number of amides is 1. The minimum atomic E-state index is -0.456. The van der Waals surface area contributed by atoms with Gasteiger partial charge in [-0.25, -0.2) is 9.78 Å². The van der Waals surface area contributed by atoms with Crippen molar-refractivity contribution in [2.24, 2.45) is 0 Å². The van der Waals surface area contributed by atoms with Crippen molar-refractivity contribution in [1.82, 2.24) is 15.3 Å². The molecular weight excluding hydrogens is 316 g/mol. The highest BCUT2D eigenvalue weighted by molar-refractivity contribution is 5.77. The first-order valence-electron chi connectivity index (χ1n) is 8.99. The van der Waals surface area contributed by atoms with Gasteiger partial charge in [0.15, 0.2) is 0 Å². The maximum absolute atomic E-state index is 11.9. The van der Waals surface area contributed by atoms with Gasteiger partial charge in [-0.15, -0.1) is 0 Å². The van der Waals surface area contributed by atoms with Gasteiger partial charge in [0.05, 0.1) is 11.0 Å². The molecule has 0 bridgehead atoms. The van der Waals surface area contributed by atoms with Crippen molar-refractivity contribution >= 4 is 23.1 Å². The van der Waals surface area contributed by atoms with Gasteiger partial charge in [0.1, 0.15) is 5.60 Å². The Morgan fingerprint density at radius 3 is 2.56 bits per heavy atom. The van der Waals surface area contributed by atoms with E-state index in [1.807, 2.05) is 45.0 Å². The lowest BCUT2D eigenvalue weighted by Gasteiger charge is -2.35. The van der Waals surface area contributed by atoms with E-state index in [-0.39, 0.29) is 12.1 Å². The molecule has 1 aromatic heterocycles. The number of aromatic nitrogens is 2. The topological polar surface area (TPSA) is 70.2 Å². The van der Waals surface area contributed by atoms with Crippen LogP contribution in [0.25, 0.3) is 11.0 Å². The van der Waals surface area contributed by atoms with Crippen LogP contribution in [-0.2, 0) is 4.74 Å². The smallest absolute Gasteiger partial charge is 0.407 e. The number of fused-ring (bicyclic) bond motifs is 1. The van der Waals surface area contributed by atoms with Gasteiger partial charge >= 0.3 is 6.09 Å². The lowest BCUT2D eigenvalue weighted by molar-refractivity contribution is 0.0491. The average molecular weight is 344 g/mol. The Hall–Kier alpha value is -2.24. The molecule has 136 valence electrons. The summed E-state index contributed by atoms with van der Waals surface area (Å²) in [5.74, 6) is 0.907. The van der Waals surface area contributed by atoms with Gasteiger partial charge in [0, 0.05) is 19.1 Å². The van der Waals surface area contributed by atoms with Crippen LogP contribution in [0.4, 0.5) is 10.7 Å². The molecule has 0 aliphatic heterocycles. The number of hydrogen-bond donors (Lipinski definition) is 2. The SMILES string of the molecule is CN(c1nc2ccccc2[nH]1)C1CCC(NC(=O)OC(C)(C)C)CC1. The summed E-state index contributed by atoms with van der Waals surface area (Å²) in [4.78, 5) is 22.2. The molecule has 0 unspecified atom stereocenters. The molecule has 2 aromatic rings. The summed E-state index contributed by atoms with van der Waals surface area (Å²) in [5, 5.41) is 2.99. The lowest BCUT2D eigenvalue weighted by Crippen LogP contribution is -2.44. The van der Waals surface area contributed by atoms with Crippen molar-refractivity contribution < 1.29 is 9.53 Å². The summed E-state index contributed by atoms with van der Waals surface area (Å²) in [6, 6.07) is 8.69. The number of imidazole rings is 1. The van der Waals surface area contributed by atoms with Crippen LogP contribution in [0.5, 0.6) is 0 Å². The van der Waals surface area contributed by atoms with Crippen LogP contribution >= 0.6 is 0 Å². The molecule has 6 nitrogen and oxygen atoms in total. The van der Waals surface area contributed by atoms with Gasteiger partial charge in [-0.05, 0) is 58.6 Å². The first kappa shape index (κ1) is 17.6. The van der Waals surface area contributed by atoms with Crippen LogP contribution in [0.1, 0.15) is 46.5 Å². The summed E-state index contributed by atoms with van der Waals surface area (Å²) in [6.45, 7) is 5.64. The number of para-hydroxylation sites is 2. The summed E-state index contributed by atoms with van der Waals surface area (Å²) < 4.78 is 5.34. The number of nitrogens with zero attached hydrogens (tertiary/aromatic N) is 2. The number of anilines is 1. The largest absolute Gasteiger partial charge is 0.444 e. The average Bonchev–Trinajstić information content (AvgIpc) is 2.97. The zero-order valence-electron chi connectivity index (χ0n) is 15.5. The highest BCUT2D eigenvalue weighted by Crippen LogP contribution is 2.26. The summed E-state index contributed by atoms with van der Waals surface area (Å²) in [5.41, 5.74) is 1.59. The van der Waals surface area contributed by atoms with E-state index in [4.69, 9.17) is 4.74 Å². The van der Waals surface area contributed by atoms with Gasteiger partial charge < -0.3 is 19.9 Å². The summed E-state index contributed by atoms with van der Waals surface area (Å²) >= 11 is 0. The predicted octanol–water partition coefficient (Wildman–Crippen LogP) is 3.84. The number of carbonyl (C=O) groups is 1. The minimum Gasteiger partial charge on any atom is -0.444 e. The molecule has 6 heteroatoms. The van der Waals surface area contributed by atoms with Crippen LogP contribution in [0, 0.1) is 0 Å². The molecule has 1 heterocycles. The molecule has 1 aliphatic carbocycles. The maximum Gasteiger partial charge on any atom is 0.407 e. The number of benzene rings is 1. The van der Waals surface area contributed by atoms with Gasteiger partial charge in [0.25, 0.3) is 0 Å². The number of rotatable bonds is 3. The Labute approximate surface area is 149 Å². The highest BCUT2D eigenvalue weighted by atomic mass is 16.6. The molecule has 1 aliphatic rings. The molecule has 0 saturated heterocycles. The van der Waals surface area contributed by atoms with Crippen molar-refractivity contribution in [3.63, 3.8) is 0 Å². The molecule has 2 N–H and O–H groups in total. The molecule has 1 saturated carbocycles. The van der Waals surface area contributed by atoms with Gasteiger partial charge in [-0.2, -0.15) is 0 Å². The number of carbonyl (C=O) groups excluding carboxylic acids is 1. The number of aromatic amines is 1. The van der Waals surface area contributed by atoms with E-state index in [2.05, 4.69) is 27.2 Å². The number of H-pyrrole nitrogens is 1. The lowest BCUT2D eigenvalue weighted by atomic mass is 9.90. The van der Waals surface area contributed by atoms with E-state index in [0.29, 0.717) is 6.04 Å². The third kappa shape index (κ3) is 4.44. The Morgan fingerprint density at radius 1 is 1.24 bits per heavy atom. The third-order valence-corrected chi connectivity index (χ3v) is 4.68. The van der Waals surface area contributed by atoms with Crippen LogP contribution in [-0.4, -0.2) is 40.8 Å². The Bertz CT molecular complexity index is 693. The van der Waals surface area contributed by atoms with Crippen molar-refractivity contribution in [1.29, 1.82) is 0 Å². The number of ether oxygens (including phenoxy) is 1. The van der Waals surface area contributed by atoms with Gasteiger partial charge in [-0.1, -0.05) is 12.1 Å². The number of hydrogen-bond acceptors (Lipinski definition) is 4. The Morgan fingerprint density at radius 2 is 1.92 bits per heavy atom. The van der Waals surface area contributed by atoms with Crippen molar-refractivity contribution in [2.45, 2.75) is 64.1 Å². The van der Waals surface area contributed by atoms with Gasteiger partial charge in [0.2, 0.25) is 5.95 Å². The van der Waals surface area contributed by atoms with Crippen LogP contribution in [0.15, 0.2) is 24.3 Å². The maximum atomic E-state index is 11.9. The van der Waals surface area contributed by atoms with Crippen LogP contribution < -0.4 is 10.2 Å². The van der Waals surface area contributed by atoms with E-state index >= 15 is 0 Å². The molecule has 1 aromatic carbocycles.